The molecule has 0 aromatic carbocycles. The molecule has 2 atom stereocenters. The second-order valence-electron chi connectivity index (χ2n) is 5.21. The van der Waals surface area contributed by atoms with Gasteiger partial charge in [-0.1, -0.05) is 6.92 Å². The fourth-order valence-electron chi connectivity index (χ4n) is 2.55. The lowest BCUT2D eigenvalue weighted by atomic mass is 9.94. The second kappa shape index (κ2) is 5.36. The molecule has 2 rings (SSSR count). The van der Waals surface area contributed by atoms with E-state index in [-0.39, 0.29) is 0 Å². The van der Waals surface area contributed by atoms with Gasteiger partial charge in [0.15, 0.2) is 5.13 Å². The van der Waals surface area contributed by atoms with Crippen molar-refractivity contribution in [2.75, 3.05) is 18.5 Å². The molecule has 1 aromatic heterocycles. The Morgan fingerprint density at radius 3 is 2.88 bits per heavy atom. The minimum atomic E-state index is 0.631. The number of aryl methyl sites for hydroxylation is 1. The van der Waals surface area contributed by atoms with Gasteiger partial charge in [0, 0.05) is 24.0 Å². The largest absolute Gasteiger partial charge is 0.345 e. The zero-order valence-corrected chi connectivity index (χ0v) is 12.1. The van der Waals surface area contributed by atoms with E-state index in [1.165, 1.54) is 28.5 Å². The van der Waals surface area contributed by atoms with E-state index in [1.807, 2.05) is 18.4 Å². The van der Waals surface area contributed by atoms with Gasteiger partial charge < -0.3 is 10.2 Å². The summed E-state index contributed by atoms with van der Waals surface area (Å²) in [5, 5.41) is 4.43. The number of aromatic nitrogens is 1. The topological polar surface area (TPSA) is 28.2 Å². The highest BCUT2D eigenvalue weighted by Gasteiger charge is 2.25. The summed E-state index contributed by atoms with van der Waals surface area (Å²) in [6, 6.07) is 0.631. The summed E-state index contributed by atoms with van der Waals surface area (Å²) in [6.07, 6.45) is 2.59. The summed E-state index contributed by atoms with van der Waals surface area (Å²) in [7, 11) is 1.99. The third kappa shape index (κ3) is 2.80. The zero-order valence-electron chi connectivity index (χ0n) is 11.3. The monoisotopic (exact) mass is 253 g/mol. The van der Waals surface area contributed by atoms with Crippen LogP contribution in [0, 0.1) is 12.8 Å². The molecule has 17 heavy (non-hydrogen) atoms. The molecule has 2 unspecified atom stereocenters. The molecule has 0 saturated carbocycles. The maximum absolute atomic E-state index is 4.73. The molecule has 1 saturated heterocycles. The highest BCUT2D eigenvalue weighted by molar-refractivity contribution is 7.15. The van der Waals surface area contributed by atoms with Gasteiger partial charge in [0.25, 0.3) is 0 Å². The Bertz CT molecular complexity index is 375. The van der Waals surface area contributed by atoms with Crippen LogP contribution < -0.4 is 10.2 Å². The Morgan fingerprint density at radius 1 is 1.47 bits per heavy atom. The summed E-state index contributed by atoms with van der Waals surface area (Å²) in [5.41, 5.74) is 1.19. The number of nitrogens with one attached hydrogen (secondary N) is 1. The zero-order chi connectivity index (χ0) is 12.4. The first kappa shape index (κ1) is 12.8. The van der Waals surface area contributed by atoms with Gasteiger partial charge in [-0.05, 0) is 39.7 Å². The minimum absolute atomic E-state index is 0.631. The number of nitrogens with zero attached hydrogens (tertiary/aromatic N) is 2. The first-order valence-electron chi connectivity index (χ1n) is 6.49. The van der Waals surface area contributed by atoms with Crippen LogP contribution in [0.4, 0.5) is 5.13 Å². The minimum Gasteiger partial charge on any atom is -0.345 e. The second-order valence-corrected chi connectivity index (χ2v) is 6.27. The lowest BCUT2D eigenvalue weighted by molar-refractivity contribution is 0.377. The molecule has 0 amide bonds. The average Bonchev–Trinajstić information content (AvgIpc) is 2.60. The highest BCUT2D eigenvalue weighted by atomic mass is 32.1. The molecule has 1 aliphatic rings. The molecule has 0 radical (unpaired) electrons. The standard InChI is InChI=1S/C13H23N3S/c1-9-5-6-16(10(2)7-9)13-15-11(3)12(17-13)8-14-4/h9-10,14H,5-8H2,1-4H3. The Hall–Kier alpha value is -0.610. The van der Waals surface area contributed by atoms with Crippen molar-refractivity contribution in [2.24, 2.45) is 5.92 Å². The fourth-order valence-corrected chi connectivity index (χ4v) is 3.75. The van der Waals surface area contributed by atoms with Gasteiger partial charge in [-0.3, -0.25) is 0 Å². The van der Waals surface area contributed by atoms with Gasteiger partial charge in [-0.25, -0.2) is 4.98 Å². The van der Waals surface area contributed by atoms with E-state index >= 15 is 0 Å². The van der Waals surface area contributed by atoms with Crippen LogP contribution >= 0.6 is 11.3 Å². The van der Waals surface area contributed by atoms with E-state index in [0.717, 1.165) is 19.0 Å². The Balaban J connectivity index is 2.13. The van der Waals surface area contributed by atoms with Crippen LogP contribution in [0.5, 0.6) is 0 Å². The van der Waals surface area contributed by atoms with Crippen molar-refractivity contribution in [3.8, 4) is 0 Å². The van der Waals surface area contributed by atoms with Crippen molar-refractivity contribution in [2.45, 2.75) is 46.2 Å². The summed E-state index contributed by atoms with van der Waals surface area (Å²) in [5.74, 6) is 0.860. The van der Waals surface area contributed by atoms with Gasteiger partial charge in [-0.2, -0.15) is 0 Å². The summed E-state index contributed by atoms with van der Waals surface area (Å²) in [6.45, 7) is 8.89. The molecular weight excluding hydrogens is 230 g/mol. The molecule has 2 heterocycles. The molecule has 3 nitrogen and oxygen atoms in total. The van der Waals surface area contributed by atoms with Crippen molar-refractivity contribution >= 4 is 16.5 Å². The van der Waals surface area contributed by atoms with Crippen molar-refractivity contribution in [3.63, 3.8) is 0 Å². The molecule has 1 N–H and O–H groups in total. The van der Waals surface area contributed by atoms with Crippen LogP contribution in [0.2, 0.25) is 0 Å². The van der Waals surface area contributed by atoms with Gasteiger partial charge in [0.1, 0.15) is 0 Å². The fraction of sp³-hybridized carbons (Fsp3) is 0.769. The van der Waals surface area contributed by atoms with Crippen LogP contribution in [0.3, 0.4) is 0 Å². The normalized spacial score (nSPS) is 25.3. The molecule has 0 spiro atoms. The summed E-state index contributed by atoms with van der Waals surface area (Å²) >= 11 is 1.85. The molecule has 4 heteroatoms. The molecular formula is C13H23N3S. The molecule has 1 aromatic rings. The maximum atomic E-state index is 4.73. The van der Waals surface area contributed by atoms with Crippen LogP contribution in [-0.4, -0.2) is 24.6 Å². The third-order valence-electron chi connectivity index (χ3n) is 3.60. The number of hydrogen-bond acceptors (Lipinski definition) is 4. The van der Waals surface area contributed by atoms with Gasteiger partial charge in [0.05, 0.1) is 5.69 Å². The van der Waals surface area contributed by atoms with Crippen LogP contribution in [0.1, 0.15) is 37.3 Å². The van der Waals surface area contributed by atoms with Crippen LogP contribution in [-0.2, 0) is 6.54 Å². The van der Waals surface area contributed by atoms with E-state index in [0.29, 0.717) is 6.04 Å². The molecule has 0 bridgehead atoms. The van der Waals surface area contributed by atoms with Gasteiger partial charge >= 0.3 is 0 Å². The van der Waals surface area contributed by atoms with Crippen LogP contribution in [0.25, 0.3) is 0 Å². The average molecular weight is 253 g/mol. The number of hydrogen-bond donors (Lipinski definition) is 1. The van der Waals surface area contributed by atoms with Gasteiger partial charge in [0.2, 0.25) is 0 Å². The molecule has 0 aliphatic carbocycles. The maximum Gasteiger partial charge on any atom is 0.186 e. The van der Waals surface area contributed by atoms with Crippen molar-refractivity contribution in [1.82, 2.24) is 10.3 Å². The third-order valence-corrected chi connectivity index (χ3v) is 4.80. The Morgan fingerprint density at radius 2 is 2.24 bits per heavy atom. The van der Waals surface area contributed by atoms with Crippen molar-refractivity contribution < 1.29 is 0 Å². The number of rotatable bonds is 3. The highest BCUT2D eigenvalue weighted by Crippen LogP contribution is 2.32. The Labute approximate surface area is 108 Å². The summed E-state index contributed by atoms with van der Waals surface area (Å²) in [4.78, 5) is 8.58. The quantitative estimate of drug-likeness (QED) is 0.898. The van der Waals surface area contributed by atoms with E-state index in [1.54, 1.807) is 0 Å². The number of piperidine rings is 1. The van der Waals surface area contributed by atoms with Crippen LogP contribution in [0.15, 0.2) is 0 Å². The molecule has 1 aliphatic heterocycles. The van der Waals surface area contributed by atoms with Crippen molar-refractivity contribution in [3.05, 3.63) is 10.6 Å². The molecule has 1 fully saturated rings. The SMILES string of the molecule is CNCc1sc(N2CCC(C)CC2C)nc1C. The van der Waals surface area contributed by atoms with E-state index in [9.17, 15) is 0 Å². The smallest absolute Gasteiger partial charge is 0.186 e. The lowest BCUT2D eigenvalue weighted by Crippen LogP contribution is -2.40. The lowest BCUT2D eigenvalue weighted by Gasteiger charge is -2.36. The molecule has 96 valence electrons. The number of anilines is 1. The number of thiazole rings is 1. The first-order valence-corrected chi connectivity index (χ1v) is 7.31. The van der Waals surface area contributed by atoms with E-state index < -0.39 is 0 Å². The van der Waals surface area contributed by atoms with E-state index in [2.05, 4.69) is 31.0 Å². The summed E-state index contributed by atoms with van der Waals surface area (Å²) < 4.78 is 0. The predicted octanol–water partition coefficient (Wildman–Crippen LogP) is 2.80. The van der Waals surface area contributed by atoms with E-state index in [4.69, 9.17) is 4.98 Å². The predicted molar refractivity (Wildman–Crippen MR) is 74.8 cm³/mol. The Kier molecular flexibility index (Phi) is 4.05. The first-order chi connectivity index (χ1) is 8.11. The van der Waals surface area contributed by atoms with Crippen molar-refractivity contribution in [1.29, 1.82) is 0 Å². The van der Waals surface area contributed by atoms with Gasteiger partial charge in [-0.15, -0.1) is 11.3 Å².